The van der Waals surface area contributed by atoms with Gasteiger partial charge in [-0.15, -0.1) is 0 Å². The molecule has 3 heterocycles. The average molecular weight is 512 g/mol. The van der Waals surface area contributed by atoms with Crippen molar-refractivity contribution in [3.05, 3.63) is 41.6 Å². The molecule has 9 nitrogen and oxygen atoms in total. The molecule has 2 N–H and O–H groups in total. The van der Waals surface area contributed by atoms with Gasteiger partial charge in [-0.05, 0) is 31.0 Å². The van der Waals surface area contributed by atoms with Gasteiger partial charge < -0.3 is 34.3 Å². The number of nitrogens with zero attached hydrogens (tertiary/aromatic N) is 1. The SMILES string of the molecule is O=C(Nc1ccc(Oc2ccnc3cc(OC4CCOCC4)c4c(c23)OCCO4)cc1Cl)NC1CC1. The van der Waals surface area contributed by atoms with Gasteiger partial charge in [-0.25, -0.2) is 4.79 Å². The number of pyridine rings is 1. The van der Waals surface area contributed by atoms with Crippen LogP contribution in [0.3, 0.4) is 0 Å². The van der Waals surface area contributed by atoms with Crippen LogP contribution in [0.1, 0.15) is 25.7 Å². The number of nitrogens with one attached hydrogen (secondary N) is 2. The van der Waals surface area contributed by atoms with E-state index in [1.54, 1.807) is 30.5 Å². The zero-order valence-electron chi connectivity index (χ0n) is 19.6. The Morgan fingerprint density at radius 3 is 2.56 bits per heavy atom. The van der Waals surface area contributed by atoms with Crippen LogP contribution in [0, 0.1) is 0 Å². The summed E-state index contributed by atoms with van der Waals surface area (Å²) in [6.07, 6.45) is 5.37. The highest BCUT2D eigenvalue weighted by molar-refractivity contribution is 6.33. The summed E-state index contributed by atoms with van der Waals surface area (Å²) in [6, 6.07) is 8.74. The van der Waals surface area contributed by atoms with Crippen LogP contribution < -0.4 is 29.6 Å². The van der Waals surface area contributed by atoms with Crippen LogP contribution in [-0.4, -0.2) is 49.6 Å². The lowest BCUT2D eigenvalue weighted by Crippen LogP contribution is -2.30. The van der Waals surface area contributed by atoms with E-state index in [9.17, 15) is 4.79 Å². The molecule has 6 rings (SSSR count). The Balaban J connectivity index is 1.28. The van der Waals surface area contributed by atoms with E-state index in [4.69, 9.17) is 35.3 Å². The molecule has 188 valence electrons. The molecule has 3 aliphatic rings. The number of carbonyl (C=O) groups is 1. The van der Waals surface area contributed by atoms with Gasteiger partial charge in [-0.3, -0.25) is 4.98 Å². The number of halogens is 1. The van der Waals surface area contributed by atoms with Crippen molar-refractivity contribution in [1.82, 2.24) is 10.3 Å². The maximum Gasteiger partial charge on any atom is 0.319 e. The molecule has 1 saturated carbocycles. The standard InChI is InChI=1S/C26H26ClN3O6/c27-18-13-17(3-4-19(18)30-26(31)29-15-1-2-15)36-21-5-8-28-20-14-22(35-16-6-9-32-10-7-16)24-25(23(20)21)34-12-11-33-24/h3-5,8,13-16H,1-2,6-7,9-12H2,(H2,29,30,31). The Kier molecular flexibility index (Phi) is 6.33. The number of fused-ring (bicyclic) bond motifs is 3. The summed E-state index contributed by atoms with van der Waals surface area (Å²) >= 11 is 6.43. The predicted octanol–water partition coefficient (Wildman–Crippen LogP) is 5.29. The molecule has 1 saturated heterocycles. The van der Waals surface area contributed by atoms with E-state index < -0.39 is 0 Å². The van der Waals surface area contributed by atoms with Crippen molar-refractivity contribution in [3.63, 3.8) is 0 Å². The van der Waals surface area contributed by atoms with E-state index in [2.05, 4.69) is 15.6 Å². The zero-order valence-corrected chi connectivity index (χ0v) is 20.3. The third-order valence-corrected chi connectivity index (χ3v) is 6.55. The van der Waals surface area contributed by atoms with Crippen molar-refractivity contribution < 1.29 is 28.5 Å². The van der Waals surface area contributed by atoms with Crippen molar-refractivity contribution in [1.29, 1.82) is 0 Å². The molecule has 0 radical (unpaired) electrons. The number of carbonyl (C=O) groups excluding carboxylic acids is 1. The van der Waals surface area contributed by atoms with E-state index in [0.29, 0.717) is 76.8 Å². The van der Waals surface area contributed by atoms with Crippen molar-refractivity contribution in [2.24, 2.45) is 0 Å². The summed E-state index contributed by atoms with van der Waals surface area (Å²) in [4.78, 5) is 16.6. The molecule has 0 atom stereocenters. The van der Waals surface area contributed by atoms with Gasteiger partial charge in [-0.2, -0.15) is 0 Å². The quantitative estimate of drug-likeness (QED) is 0.463. The highest BCUT2D eigenvalue weighted by Crippen LogP contribution is 2.49. The van der Waals surface area contributed by atoms with Crippen LogP contribution in [0.15, 0.2) is 36.5 Å². The Labute approximate surface area is 213 Å². The first-order valence-electron chi connectivity index (χ1n) is 12.1. The Morgan fingerprint density at radius 2 is 1.78 bits per heavy atom. The lowest BCUT2D eigenvalue weighted by Gasteiger charge is -2.27. The highest BCUT2D eigenvalue weighted by Gasteiger charge is 2.27. The summed E-state index contributed by atoms with van der Waals surface area (Å²) in [5.74, 6) is 2.76. The number of hydrogen-bond acceptors (Lipinski definition) is 7. The number of rotatable bonds is 6. The fraction of sp³-hybridized carbons (Fsp3) is 0.385. The average Bonchev–Trinajstić information content (AvgIpc) is 3.70. The van der Waals surface area contributed by atoms with Crippen molar-refractivity contribution in [2.75, 3.05) is 31.7 Å². The first-order valence-corrected chi connectivity index (χ1v) is 12.5. The molecule has 0 unspecified atom stereocenters. The second-order valence-electron chi connectivity index (χ2n) is 8.98. The second kappa shape index (κ2) is 9.91. The van der Waals surface area contributed by atoms with Gasteiger partial charge in [0.25, 0.3) is 0 Å². The molecule has 0 bridgehead atoms. The highest BCUT2D eigenvalue weighted by atomic mass is 35.5. The number of amides is 2. The minimum Gasteiger partial charge on any atom is -0.486 e. The number of urea groups is 1. The topological polar surface area (TPSA) is 100 Å². The van der Waals surface area contributed by atoms with E-state index in [1.807, 2.05) is 6.07 Å². The third kappa shape index (κ3) is 4.94. The fourth-order valence-electron chi connectivity index (χ4n) is 4.28. The largest absolute Gasteiger partial charge is 0.486 e. The van der Waals surface area contributed by atoms with E-state index in [0.717, 1.165) is 25.7 Å². The second-order valence-corrected chi connectivity index (χ2v) is 9.39. The fourth-order valence-corrected chi connectivity index (χ4v) is 4.50. The predicted molar refractivity (Wildman–Crippen MR) is 134 cm³/mol. The van der Waals surface area contributed by atoms with Gasteiger partial charge in [0.15, 0.2) is 11.5 Å². The number of hydrogen-bond donors (Lipinski definition) is 2. The lowest BCUT2D eigenvalue weighted by atomic mass is 10.1. The number of anilines is 1. The molecule has 3 aromatic rings. The van der Waals surface area contributed by atoms with Crippen LogP contribution in [0.4, 0.5) is 10.5 Å². The summed E-state index contributed by atoms with van der Waals surface area (Å²) < 4.78 is 30.0. The normalized spacial score (nSPS) is 17.5. The smallest absolute Gasteiger partial charge is 0.319 e. The molecule has 0 spiro atoms. The zero-order chi connectivity index (χ0) is 24.5. The summed E-state index contributed by atoms with van der Waals surface area (Å²) in [5.41, 5.74) is 1.17. The van der Waals surface area contributed by atoms with Gasteiger partial charge in [0.1, 0.15) is 30.8 Å². The number of benzene rings is 2. The Morgan fingerprint density at radius 1 is 0.972 bits per heavy atom. The van der Waals surface area contributed by atoms with Crippen molar-refractivity contribution in [2.45, 2.75) is 37.8 Å². The molecule has 36 heavy (non-hydrogen) atoms. The van der Waals surface area contributed by atoms with Gasteiger partial charge in [-0.1, -0.05) is 11.6 Å². The Bertz CT molecular complexity index is 1290. The summed E-state index contributed by atoms with van der Waals surface area (Å²) in [5, 5.41) is 6.71. The Hall–Kier alpha value is -3.43. The van der Waals surface area contributed by atoms with Crippen molar-refractivity contribution >= 4 is 34.2 Å². The molecular weight excluding hydrogens is 486 g/mol. The molecule has 2 aliphatic heterocycles. The third-order valence-electron chi connectivity index (χ3n) is 6.23. The van der Waals surface area contributed by atoms with Crippen LogP contribution in [0.5, 0.6) is 28.7 Å². The summed E-state index contributed by atoms with van der Waals surface area (Å²) in [6.45, 7) is 2.19. The molecule has 1 aromatic heterocycles. The van der Waals surface area contributed by atoms with Crippen LogP contribution >= 0.6 is 11.6 Å². The number of aromatic nitrogens is 1. The molecular formula is C26H26ClN3O6. The number of ether oxygens (including phenoxy) is 5. The van der Waals surface area contributed by atoms with Crippen LogP contribution in [0.2, 0.25) is 5.02 Å². The van der Waals surface area contributed by atoms with Crippen molar-refractivity contribution in [3.8, 4) is 28.7 Å². The maximum atomic E-state index is 12.1. The summed E-state index contributed by atoms with van der Waals surface area (Å²) in [7, 11) is 0. The van der Waals surface area contributed by atoms with Gasteiger partial charge in [0.2, 0.25) is 5.75 Å². The molecule has 2 aromatic carbocycles. The van der Waals surface area contributed by atoms with Gasteiger partial charge >= 0.3 is 6.03 Å². The van der Waals surface area contributed by atoms with Gasteiger partial charge in [0, 0.05) is 37.2 Å². The molecule has 1 aliphatic carbocycles. The minimum atomic E-state index is -0.268. The van der Waals surface area contributed by atoms with E-state index in [1.165, 1.54) is 0 Å². The monoisotopic (exact) mass is 511 g/mol. The van der Waals surface area contributed by atoms with E-state index in [-0.39, 0.29) is 18.2 Å². The van der Waals surface area contributed by atoms with Gasteiger partial charge in [0.05, 0.1) is 34.8 Å². The molecule has 10 heteroatoms. The lowest BCUT2D eigenvalue weighted by molar-refractivity contribution is 0.0234. The van der Waals surface area contributed by atoms with E-state index >= 15 is 0 Å². The van der Waals surface area contributed by atoms with Crippen LogP contribution in [0.25, 0.3) is 10.9 Å². The maximum absolute atomic E-state index is 12.1. The van der Waals surface area contributed by atoms with Crippen LogP contribution in [-0.2, 0) is 4.74 Å². The first-order chi connectivity index (χ1) is 17.6. The molecule has 2 fully saturated rings. The molecule has 2 amide bonds. The minimum absolute atomic E-state index is 0.0471. The first kappa shape index (κ1) is 23.0.